The van der Waals surface area contributed by atoms with Crippen molar-refractivity contribution in [2.24, 2.45) is 5.92 Å². The molecule has 2 aliphatic heterocycles. The Morgan fingerprint density at radius 3 is 2.71 bits per heavy atom. The molecular formula is C21H25N3O2S2. The number of thiophene rings is 1. The minimum atomic E-state index is -3.45. The summed E-state index contributed by atoms with van der Waals surface area (Å²) >= 11 is 1.78. The summed E-state index contributed by atoms with van der Waals surface area (Å²) < 4.78 is 28.0. The van der Waals surface area contributed by atoms with Crippen molar-refractivity contribution in [2.75, 3.05) is 38.5 Å². The van der Waals surface area contributed by atoms with Gasteiger partial charge in [-0.15, -0.1) is 11.3 Å². The molecule has 3 heterocycles. The van der Waals surface area contributed by atoms with E-state index in [0.29, 0.717) is 23.9 Å². The molecule has 0 saturated carbocycles. The highest BCUT2D eigenvalue weighted by molar-refractivity contribution is 7.89. The number of benzene rings is 1. The van der Waals surface area contributed by atoms with E-state index in [2.05, 4.69) is 39.9 Å². The van der Waals surface area contributed by atoms with Gasteiger partial charge in [0.15, 0.2) is 0 Å². The van der Waals surface area contributed by atoms with Crippen LogP contribution in [0.1, 0.15) is 28.8 Å². The minimum Gasteiger partial charge on any atom is -0.377 e. The molecule has 0 bridgehead atoms. The molecule has 1 aromatic heterocycles. The van der Waals surface area contributed by atoms with Crippen LogP contribution in [0.3, 0.4) is 0 Å². The zero-order valence-corrected chi connectivity index (χ0v) is 17.5. The van der Waals surface area contributed by atoms with E-state index in [1.54, 1.807) is 21.7 Å². The highest BCUT2D eigenvalue weighted by Gasteiger charge is 2.39. The maximum absolute atomic E-state index is 13.2. The summed E-state index contributed by atoms with van der Waals surface area (Å²) in [4.78, 5) is 3.94. The third-order valence-corrected chi connectivity index (χ3v) is 9.13. The average Bonchev–Trinajstić information content (AvgIpc) is 3.39. The molecule has 28 heavy (non-hydrogen) atoms. The molecule has 1 saturated heterocycles. The summed E-state index contributed by atoms with van der Waals surface area (Å²) in [6, 6.07) is 10.2. The molecule has 1 N–H and O–H groups in total. The number of piperazine rings is 1. The first-order chi connectivity index (χ1) is 13.5. The Labute approximate surface area is 170 Å². The van der Waals surface area contributed by atoms with E-state index in [9.17, 15) is 8.42 Å². The third kappa shape index (κ3) is 3.01. The zero-order chi connectivity index (χ0) is 19.3. The Morgan fingerprint density at radius 1 is 1.14 bits per heavy atom. The monoisotopic (exact) mass is 415 g/mol. The predicted octanol–water partition coefficient (Wildman–Crippen LogP) is 3.51. The van der Waals surface area contributed by atoms with Gasteiger partial charge >= 0.3 is 0 Å². The van der Waals surface area contributed by atoms with E-state index in [4.69, 9.17) is 0 Å². The number of sulfonamides is 1. The Hall–Kier alpha value is -1.67. The first kappa shape index (κ1) is 18.4. The van der Waals surface area contributed by atoms with Crippen molar-refractivity contribution in [3.63, 3.8) is 0 Å². The lowest BCUT2D eigenvalue weighted by Crippen LogP contribution is -2.47. The molecule has 0 spiro atoms. The quantitative estimate of drug-likeness (QED) is 0.780. The van der Waals surface area contributed by atoms with Gasteiger partial charge in [-0.1, -0.05) is 18.2 Å². The number of likely N-dealkylation sites (N-methyl/N-ethyl adjacent to an activating group) is 1. The van der Waals surface area contributed by atoms with E-state index in [1.165, 1.54) is 4.88 Å². The summed E-state index contributed by atoms with van der Waals surface area (Å²) in [6.45, 7) is 2.67. The molecule has 3 aliphatic rings. The van der Waals surface area contributed by atoms with Crippen LogP contribution >= 0.6 is 11.3 Å². The van der Waals surface area contributed by atoms with Crippen LogP contribution in [0.25, 0.3) is 0 Å². The number of allylic oxidation sites excluding steroid dienone is 2. The molecule has 3 unspecified atom stereocenters. The Bertz CT molecular complexity index is 993. The van der Waals surface area contributed by atoms with Crippen molar-refractivity contribution >= 4 is 27.0 Å². The van der Waals surface area contributed by atoms with Crippen molar-refractivity contribution in [3.8, 4) is 0 Å². The molecule has 7 heteroatoms. The number of nitrogens with zero attached hydrogens (tertiary/aromatic N) is 2. The van der Waals surface area contributed by atoms with Crippen molar-refractivity contribution < 1.29 is 8.42 Å². The van der Waals surface area contributed by atoms with Crippen LogP contribution in [0.5, 0.6) is 0 Å². The van der Waals surface area contributed by atoms with E-state index in [1.807, 2.05) is 19.2 Å². The van der Waals surface area contributed by atoms with E-state index < -0.39 is 10.0 Å². The summed E-state index contributed by atoms with van der Waals surface area (Å²) in [7, 11) is -1.41. The van der Waals surface area contributed by atoms with Gasteiger partial charge in [0.2, 0.25) is 10.0 Å². The summed E-state index contributed by atoms with van der Waals surface area (Å²) in [6.07, 6.45) is 5.53. The lowest BCUT2D eigenvalue weighted by molar-refractivity contribution is 0.222. The first-order valence-electron chi connectivity index (χ1n) is 9.83. The predicted molar refractivity (Wildman–Crippen MR) is 113 cm³/mol. The normalized spacial score (nSPS) is 28.0. The number of rotatable bonds is 3. The molecule has 0 radical (unpaired) electrons. The Kier molecular flexibility index (Phi) is 4.58. The van der Waals surface area contributed by atoms with Crippen LogP contribution in [0.15, 0.2) is 52.8 Å². The highest BCUT2D eigenvalue weighted by atomic mass is 32.2. The Balaban J connectivity index is 1.49. The number of hydrogen-bond donors (Lipinski definition) is 1. The fourth-order valence-corrected chi connectivity index (χ4v) is 6.97. The van der Waals surface area contributed by atoms with Gasteiger partial charge in [-0.3, -0.25) is 0 Å². The van der Waals surface area contributed by atoms with Gasteiger partial charge in [-0.25, -0.2) is 8.42 Å². The number of fused-ring (bicyclic) bond motifs is 3. The van der Waals surface area contributed by atoms with E-state index in [0.717, 1.165) is 30.8 Å². The second kappa shape index (κ2) is 6.99. The molecular weight excluding hydrogens is 390 g/mol. The molecule has 0 amide bonds. The topological polar surface area (TPSA) is 52.7 Å². The van der Waals surface area contributed by atoms with Crippen LogP contribution in [0.2, 0.25) is 0 Å². The molecule has 3 atom stereocenters. The molecule has 5 rings (SSSR count). The summed E-state index contributed by atoms with van der Waals surface area (Å²) in [5.41, 5.74) is 2.17. The highest BCUT2D eigenvalue weighted by Crippen LogP contribution is 2.50. The van der Waals surface area contributed by atoms with E-state index >= 15 is 0 Å². The van der Waals surface area contributed by atoms with Gasteiger partial charge in [0.25, 0.3) is 0 Å². The summed E-state index contributed by atoms with van der Waals surface area (Å²) in [5, 5.41) is 5.81. The third-order valence-electron chi connectivity index (χ3n) is 6.28. The van der Waals surface area contributed by atoms with Crippen LogP contribution in [-0.2, 0) is 10.0 Å². The van der Waals surface area contributed by atoms with Gasteiger partial charge in [-0.05, 0) is 54.6 Å². The number of nitrogens with one attached hydrogen (secondary N) is 1. The van der Waals surface area contributed by atoms with Crippen molar-refractivity contribution in [3.05, 3.63) is 58.3 Å². The van der Waals surface area contributed by atoms with E-state index in [-0.39, 0.29) is 12.0 Å². The standard InChI is InChI=1S/C21H25N3O2S2/c1-23-9-11-24(12-10-23)28(25,26)15-7-8-19-18(14-15)16-4-2-5-17(16)21(22-19)20-6-3-13-27-20/h2-4,6-8,13-14,16-17,21-22H,5,9-12H2,1H3. The van der Waals surface area contributed by atoms with Crippen LogP contribution < -0.4 is 5.32 Å². The van der Waals surface area contributed by atoms with Gasteiger partial charge < -0.3 is 10.2 Å². The molecule has 1 aliphatic carbocycles. The molecule has 1 fully saturated rings. The molecule has 148 valence electrons. The SMILES string of the molecule is CN1CCN(S(=O)(=O)c2ccc3c(c2)C2C=CCC2C(c2cccs2)N3)CC1. The maximum Gasteiger partial charge on any atom is 0.243 e. The fourth-order valence-electron chi connectivity index (χ4n) is 4.66. The largest absolute Gasteiger partial charge is 0.377 e. The molecule has 2 aromatic rings. The fraction of sp³-hybridized carbons (Fsp3) is 0.429. The van der Waals surface area contributed by atoms with Crippen molar-refractivity contribution in [1.29, 1.82) is 0 Å². The number of hydrogen-bond acceptors (Lipinski definition) is 5. The van der Waals surface area contributed by atoms with Gasteiger partial charge in [0.1, 0.15) is 0 Å². The smallest absolute Gasteiger partial charge is 0.243 e. The van der Waals surface area contributed by atoms with Crippen molar-refractivity contribution in [1.82, 2.24) is 9.21 Å². The second-order valence-corrected chi connectivity index (χ2v) is 10.9. The van der Waals surface area contributed by atoms with Crippen LogP contribution in [0.4, 0.5) is 5.69 Å². The lowest BCUT2D eigenvalue weighted by atomic mass is 9.79. The molecule has 1 aromatic carbocycles. The zero-order valence-electron chi connectivity index (χ0n) is 15.9. The average molecular weight is 416 g/mol. The first-order valence-corrected chi connectivity index (χ1v) is 12.2. The second-order valence-electron chi connectivity index (χ2n) is 7.95. The maximum atomic E-state index is 13.2. The van der Waals surface area contributed by atoms with Gasteiger partial charge in [0, 0.05) is 42.7 Å². The molecule has 5 nitrogen and oxygen atoms in total. The minimum absolute atomic E-state index is 0.269. The lowest BCUT2D eigenvalue weighted by Gasteiger charge is -2.37. The summed E-state index contributed by atoms with van der Waals surface area (Å²) in [5.74, 6) is 0.707. The van der Waals surface area contributed by atoms with Crippen LogP contribution in [0, 0.1) is 5.92 Å². The van der Waals surface area contributed by atoms with Gasteiger partial charge in [0.05, 0.1) is 10.9 Å². The van der Waals surface area contributed by atoms with Gasteiger partial charge in [-0.2, -0.15) is 4.31 Å². The Morgan fingerprint density at radius 2 is 1.96 bits per heavy atom. The van der Waals surface area contributed by atoms with Crippen molar-refractivity contribution in [2.45, 2.75) is 23.3 Å². The number of anilines is 1. The van der Waals surface area contributed by atoms with Crippen LogP contribution in [-0.4, -0.2) is 50.8 Å².